The van der Waals surface area contributed by atoms with Crippen molar-refractivity contribution in [3.63, 3.8) is 0 Å². The minimum Gasteiger partial charge on any atom is -0.334 e. The van der Waals surface area contributed by atoms with Gasteiger partial charge in [0, 0.05) is 0 Å². The van der Waals surface area contributed by atoms with Gasteiger partial charge in [-0.15, -0.1) is 0 Å². The Morgan fingerprint density at radius 1 is 0.371 bits per heavy atom. The summed E-state index contributed by atoms with van der Waals surface area (Å²) < 4.78 is 236. The van der Waals surface area contributed by atoms with Gasteiger partial charge in [0.1, 0.15) is 6.79 Å². The van der Waals surface area contributed by atoms with E-state index >= 15 is 0 Å². The first-order valence-corrected chi connectivity index (χ1v) is 7.55. The second-order valence-electron chi connectivity index (χ2n) is 5.44. The number of hydrogen-bond donors (Lipinski definition) is 0. The summed E-state index contributed by atoms with van der Waals surface area (Å²) in [4.78, 5) is 0. The van der Waals surface area contributed by atoms with Crippen molar-refractivity contribution in [2.45, 2.75) is 55.4 Å². The summed E-state index contributed by atoms with van der Waals surface area (Å²) in [6.07, 6.45) is -48.7. The highest BCUT2D eigenvalue weighted by molar-refractivity contribution is 4.78. The number of halogens is 19. The summed E-state index contributed by atoms with van der Waals surface area (Å²) in [5.74, 6) is 0. The topological polar surface area (TPSA) is 36.9 Å². The van der Waals surface area contributed by atoms with E-state index in [0.717, 1.165) is 0 Å². The average Bonchev–Trinajstić information content (AvgIpc) is 2.52. The smallest absolute Gasteiger partial charge is 0.334 e. The quantitative estimate of drug-likeness (QED) is 0.191. The Morgan fingerprint density at radius 2 is 0.571 bits per heavy atom. The maximum Gasteiger partial charge on any atom is 0.423 e. The fourth-order valence-corrected chi connectivity index (χ4v) is 1.45. The van der Waals surface area contributed by atoms with Crippen molar-refractivity contribution in [1.29, 1.82) is 0 Å². The third kappa shape index (κ3) is 14.6. The van der Waals surface area contributed by atoms with Crippen molar-refractivity contribution in [3.8, 4) is 0 Å². The molecule has 214 valence electrons. The lowest BCUT2D eigenvalue weighted by Gasteiger charge is -2.26. The highest BCUT2D eigenvalue weighted by Gasteiger charge is 2.61. The van der Waals surface area contributed by atoms with E-state index in [4.69, 9.17) is 0 Å². The molecule has 0 aliphatic carbocycles. The van der Waals surface area contributed by atoms with E-state index in [1.807, 2.05) is 0 Å². The minimum atomic E-state index is -6.09. The van der Waals surface area contributed by atoms with E-state index in [1.165, 1.54) is 0 Å². The van der Waals surface area contributed by atoms with Crippen LogP contribution in [0.2, 0.25) is 0 Å². The van der Waals surface area contributed by atoms with Crippen LogP contribution < -0.4 is 0 Å². The van der Waals surface area contributed by atoms with Crippen molar-refractivity contribution in [3.05, 3.63) is 0 Å². The summed E-state index contributed by atoms with van der Waals surface area (Å²) in [7, 11) is 0. The van der Waals surface area contributed by atoms with Crippen LogP contribution in [-0.2, 0) is 18.9 Å². The summed E-state index contributed by atoms with van der Waals surface area (Å²) in [5.41, 5.74) is 0. The Morgan fingerprint density at radius 3 is 0.743 bits per heavy atom. The maximum absolute atomic E-state index is 11.9. The molecule has 0 rings (SSSR count). The highest BCUT2D eigenvalue weighted by Crippen LogP contribution is 2.38. The van der Waals surface area contributed by atoms with Crippen molar-refractivity contribution in [2.75, 3.05) is 20.4 Å². The standard InChI is InChI=1S/C7H4F12O2.C5H5F7O2/c8-4(9,10)2(5(11,12)13)20-1-21-3(6(14,15)16)7(17,18)19;6-1-13-2-14-3(4(7,8)9)5(10,11)12/h2-3H,1H2;3H,1-2H2. The van der Waals surface area contributed by atoms with E-state index in [0.29, 0.717) is 0 Å². The summed E-state index contributed by atoms with van der Waals surface area (Å²) in [5, 5.41) is 0. The number of ether oxygens (including phenoxy) is 4. The molecular weight excluding hydrogens is 569 g/mol. The molecule has 0 saturated heterocycles. The van der Waals surface area contributed by atoms with Gasteiger partial charge in [-0.2, -0.15) is 79.0 Å². The zero-order valence-corrected chi connectivity index (χ0v) is 15.7. The predicted octanol–water partition coefficient (Wildman–Crippen LogP) is 6.36. The molecule has 23 heteroatoms. The SMILES string of the molecule is FC(F)(F)C(OCOC(C(F)(F)F)C(F)(F)F)C(F)(F)F.FCOCOC(C(F)(F)F)C(F)(F)F. The summed E-state index contributed by atoms with van der Waals surface area (Å²) in [6.45, 7) is -5.46. The van der Waals surface area contributed by atoms with Gasteiger partial charge in [0.05, 0.1) is 0 Å². The molecule has 0 atom stereocenters. The van der Waals surface area contributed by atoms with Crippen LogP contribution in [0.1, 0.15) is 0 Å². The Balaban J connectivity index is 0. The van der Waals surface area contributed by atoms with E-state index in [2.05, 4.69) is 18.9 Å². The zero-order valence-electron chi connectivity index (χ0n) is 15.7. The van der Waals surface area contributed by atoms with Crippen LogP contribution in [0.15, 0.2) is 0 Å². The third-order valence-electron chi connectivity index (χ3n) is 2.65. The zero-order chi connectivity index (χ0) is 28.7. The van der Waals surface area contributed by atoms with Gasteiger partial charge < -0.3 is 18.9 Å². The van der Waals surface area contributed by atoms with E-state index in [-0.39, 0.29) is 0 Å². The lowest BCUT2D eigenvalue weighted by molar-refractivity contribution is -0.367. The minimum absolute atomic E-state index is 1.42. The molecule has 0 aliphatic rings. The lowest BCUT2D eigenvalue weighted by atomic mass is 10.3. The van der Waals surface area contributed by atoms with Gasteiger partial charge in [0.2, 0.25) is 0 Å². The molecule has 0 aliphatic heterocycles. The highest BCUT2D eigenvalue weighted by atomic mass is 19.4. The molecular formula is C12H9F19O4. The molecule has 0 saturated carbocycles. The van der Waals surface area contributed by atoms with Crippen LogP contribution in [0.25, 0.3) is 0 Å². The molecule has 0 heterocycles. The monoisotopic (exact) mass is 578 g/mol. The molecule has 0 bridgehead atoms. The molecule has 0 aromatic rings. The fourth-order valence-electron chi connectivity index (χ4n) is 1.45. The Labute approximate surface area is 179 Å². The third-order valence-corrected chi connectivity index (χ3v) is 2.65. The molecule has 0 spiro atoms. The van der Waals surface area contributed by atoms with Gasteiger partial charge in [0.15, 0.2) is 13.7 Å². The summed E-state index contributed by atoms with van der Waals surface area (Å²) in [6, 6.07) is 0. The number of alkyl halides is 19. The van der Waals surface area contributed by atoms with Crippen LogP contribution in [0, 0.1) is 0 Å². The van der Waals surface area contributed by atoms with Crippen LogP contribution in [0.5, 0.6) is 0 Å². The molecule has 0 amide bonds. The van der Waals surface area contributed by atoms with Crippen LogP contribution >= 0.6 is 0 Å². The summed E-state index contributed by atoms with van der Waals surface area (Å²) >= 11 is 0. The Kier molecular flexibility index (Phi) is 12.9. The van der Waals surface area contributed by atoms with Gasteiger partial charge in [-0.05, 0) is 0 Å². The second kappa shape index (κ2) is 12.7. The first-order chi connectivity index (χ1) is 15.2. The van der Waals surface area contributed by atoms with Crippen molar-refractivity contribution < 1.29 is 102 Å². The van der Waals surface area contributed by atoms with Crippen LogP contribution in [0.4, 0.5) is 83.4 Å². The van der Waals surface area contributed by atoms with E-state index in [1.54, 1.807) is 0 Å². The normalized spacial score (nSPS) is 14.6. The van der Waals surface area contributed by atoms with Gasteiger partial charge in [-0.1, -0.05) is 0 Å². The molecule has 0 unspecified atom stereocenters. The van der Waals surface area contributed by atoms with Gasteiger partial charge in [-0.25, -0.2) is 4.39 Å². The predicted molar refractivity (Wildman–Crippen MR) is 67.7 cm³/mol. The Bertz CT molecular complexity index is 510. The molecule has 0 radical (unpaired) electrons. The van der Waals surface area contributed by atoms with Gasteiger partial charge in [-0.3, -0.25) is 0 Å². The molecule has 4 nitrogen and oxygen atoms in total. The maximum atomic E-state index is 11.9. The van der Waals surface area contributed by atoms with Crippen LogP contribution in [0.3, 0.4) is 0 Å². The fraction of sp³-hybridized carbons (Fsp3) is 1.00. The van der Waals surface area contributed by atoms with Gasteiger partial charge >= 0.3 is 37.1 Å². The molecule has 0 aromatic carbocycles. The first-order valence-electron chi connectivity index (χ1n) is 7.55. The molecule has 0 fully saturated rings. The van der Waals surface area contributed by atoms with Crippen LogP contribution in [-0.4, -0.2) is 75.8 Å². The van der Waals surface area contributed by atoms with E-state index in [9.17, 15) is 83.4 Å². The average molecular weight is 578 g/mol. The van der Waals surface area contributed by atoms with E-state index < -0.39 is 75.8 Å². The first kappa shape index (κ1) is 35.7. The second-order valence-corrected chi connectivity index (χ2v) is 5.44. The lowest BCUT2D eigenvalue weighted by Crippen LogP contribution is -2.48. The molecule has 0 N–H and O–H groups in total. The van der Waals surface area contributed by atoms with Crippen molar-refractivity contribution >= 4 is 0 Å². The van der Waals surface area contributed by atoms with Crippen molar-refractivity contribution in [2.24, 2.45) is 0 Å². The van der Waals surface area contributed by atoms with Gasteiger partial charge in [0.25, 0.3) is 18.3 Å². The van der Waals surface area contributed by atoms with Crippen molar-refractivity contribution in [1.82, 2.24) is 0 Å². The number of rotatable bonds is 8. The largest absolute Gasteiger partial charge is 0.423 e. The molecule has 35 heavy (non-hydrogen) atoms. The Hall–Kier alpha value is -1.49. The number of hydrogen-bond acceptors (Lipinski definition) is 4. The molecule has 0 aromatic heterocycles.